The van der Waals surface area contributed by atoms with Crippen LogP contribution in [0.25, 0.3) is 0 Å². The third-order valence-electron chi connectivity index (χ3n) is 1.11. The summed E-state index contributed by atoms with van der Waals surface area (Å²) in [6.07, 6.45) is 7.39. The molecule has 0 fully saturated rings. The van der Waals surface area contributed by atoms with Gasteiger partial charge in [-0.2, -0.15) is 0 Å². The van der Waals surface area contributed by atoms with E-state index in [2.05, 4.69) is 5.18 Å². The van der Waals surface area contributed by atoms with Crippen molar-refractivity contribution in [3.63, 3.8) is 0 Å². The first kappa shape index (κ1) is 5.22. The zero-order valence-corrected chi connectivity index (χ0v) is 4.50. The van der Waals surface area contributed by atoms with Crippen LogP contribution >= 0.6 is 0 Å². The standard InChI is InChI=1S/C6H7NO/c8-7-6-4-2-1-3-5-6/h1-2,4H,3,5H2. The van der Waals surface area contributed by atoms with Crippen LogP contribution in [0, 0.1) is 4.91 Å². The van der Waals surface area contributed by atoms with Gasteiger partial charge in [-0.15, -0.1) is 4.91 Å². The number of hydrogen-bond donors (Lipinski definition) is 0. The molecule has 0 bridgehead atoms. The van der Waals surface area contributed by atoms with Crippen molar-refractivity contribution in [2.24, 2.45) is 5.18 Å². The van der Waals surface area contributed by atoms with Gasteiger partial charge in [0.25, 0.3) is 0 Å². The van der Waals surface area contributed by atoms with Crippen molar-refractivity contribution in [3.8, 4) is 0 Å². The van der Waals surface area contributed by atoms with Crippen LogP contribution in [0.1, 0.15) is 12.8 Å². The van der Waals surface area contributed by atoms with E-state index >= 15 is 0 Å². The van der Waals surface area contributed by atoms with Crippen LogP contribution in [0.5, 0.6) is 0 Å². The Morgan fingerprint density at radius 2 is 2.50 bits per heavy atom. The van der Waals surface area contributed by atoms with Crippen LogP contribution in [0.3, 0.4) is 0 Å². The molecular formula is C6H7NO. The van der Waals surface area contributed by atoms with Crippen LogP contribution in [-0.2, 0) is 0 Å². The average molecular weight is 109 g/mol. The summed E-state index contributed by atoms with van der Waals surface area (Å²) in [5.74, 6) is 0. The second kappa shape index (κ2) is 2.40. The minimum absolute atomic E-state index is 0.660. The molecule has 1 aliphatic rings. The number of allylic oxidation sites excluding steroid dienone is 4. The Morgan fingerprint density at radius 1 is 1.62 bits per heavy atom. The molecule has 2 heteroatoms. The fraction of sp³-hybridized carbons (Fsp3) is 0.333. The molecule has 42 valence electrons. The summed E-state index contributed by atoms with van der Waals surface area (Å²) < 4.78 is 0. The molecule has 0 aromatic rings. The molecule has 0 heterocycles. The van der Waals surface area contributed by atoms with Crippen LogP contribution in [0.15, 0.2) is 29.1 Å². The molecule has 0 saturated carbocycles. The lowest BCUT2D eigenvalue weighted by Gasteiger charge is -1.96. The summed E-state index contributed by atoms with van der Waals surface area (Å²) in [4.78, 5) is 9.81. The molecule has 0 N–H and O–H groups in total. The van der Waals surface area contributed by atoms with E-state index in [9.17, 15) is 4.91 Å². The van der Waals surface area contributed by atoms with Gasteiger partial charge in [0.15, 0.2) is 0 Å². The first-order valence-electron chi connectivity index (χ1n) is 2.62. The molecule has 0 radical (unpaired) electrons. The van der Waals surface area contributed by atoms with Crippen molar-refractivity contribution >= 4 is 0 Å². The quantitative estimate of drug-likeness (QED) is 0.473. The number of nitrogens with zero attached hydrogens (tertiary/aromatic N) is 1. The molecule has 2 nitrogen and oxygen atoms in total. The molecule has 0 amide bonds. The van der Waals surface area contributed by atoms with Gasteiger partial charge in [-0.3, -0.25) is 0 Å². The predicted octanol–water partition coefficient (Wildman–Crippen LogP) is 1.99. The maximum absolute atomic E-state index is 9.81. The largest absolute Gasteiger partial charge is 0.145 e. The molecule has 0 aromatic heterocycles. The van der Waals surface area contributed by atoms with Crippen LogP contribution in [-0.4, -0.2) is 0 Å². The van der Waals surface area contributed by atoms with E-state index in [1.54, 1.807) is 6.08 Å². The molecule has 0 aliphatic heterocycles. The van der Waals surface area contributed by atoms with Crippen molar-refractivity contribution in [2.45, 2.75) is 12.8 Å². The predicted molar refractivity (Wildman–Crippen MR) is 32.3 cm³/mol. The average Bonchev–Trinajstić information content (AvgIpc) is 1.90. The fourth-order valence-electron chi connectivity index (χ4n) is 0.666. The maximum atomic E-state index is 9.81. The number of hydrogen-bond acceptors (Lipinski definition) is 2. The Labute approximate surface area is 47.9 Å². The molecule has 0 atom stereocenters. The third kappa shape index (κ3) is 1.03. The lowest BCUT2D eigenvalue weighted by atomic mass is 10.1. The van der Waals surface area contributed by atoms with Crippen molar-refractivity contribution in [3.05, 3.63) is 28.8 Å². The van der Waals surface area contributed by atoms with Gasteiger partial charge < -0.3 is 0 Å². The lowest BCUT2D eigenvalue weighted by molar-refractivity contribution is 0.940. The van der Waals surface area contributed by atoms with Crippen molar-refractivity contribution in [1.29, 1.82) is 0 Å². The highest BCUT2D eigenvalue weighted by Crippen LogP contribution is 2.11. The van der Waals surface area contributed by atoms with E-state index in [4.69, 9.17) is 0 Å². The fourth-order valence-corrected chi connectivity index (χ4v) is 0.666. The van der Waals surface area contributed by atoms with E-state index in [0.717, 1.165) is 12.8 Å². The molecule has 0 aromatic carbocycles. The maximum Gasteiger partial charge on any atom is 0.0851 e. The Balaban J connectivity index is 2.63. The molecule has 8 heavy (non-hydrogen) atoms. The number of rotatable bonds is 1. The number of nitroso groups, excluding NO2 is 1. The second-order valence-corrected chi connectivity index (χ2v) is 1.72. The van der Waals surface area contributed by atoms with Gasteiger partial charge in [-0.05, 0) is 24.1 Å². The Kier molecular flexibility index (Phi) is 1.57. The Bertz CT molecular complexity index is 147. The van der Waals surface area contributed by atoms with E-state index < -0.39 is 0 Å². The van der Waals surface area contributed by atoms with Crippen molar-refractivity contribution < 1.29 is 0 Å². The third-order valence-corrected chi connectivity index (χ3v) is 1.11. The summed E-state index contributed by atoms with van der Waals surface area (Å²) in [5, 5.41) is 2.81. The van der Waals surface area contributed by atoms with Crippen LogP contribution in [0.2, 0.25) is 0 Å². The minimum Gasteiger partial charge on any atom is -0.145 e. The summed E-state index contributed by atoms with van der Waals surface area (Å²) in [7, 11) is 0. The normalized spacial score (nSPS) is 17.8. The summed E-state index contributed by atoms with van der Waals surface area (Å²) >= 11 is 0. The molecule has 0 saturated heterocycles. The van der Waals surface area contributed by atoms with Crippen LogP contribution in [0.4, 0.5) is 0 Å². The highest BCUT2D eigenvalue weighted by atomic mass is 16.3. The first-order valence-corrected chi connectivity index (χ1v) is 2.62. The highest BCUT2D eigenvalue weighted by molar-refractivity contribution is 5.15. The SMILES string of the molecule is O=NC1=CC=CCC1. The molecular weight excluding hydrogens is 102 g/mol. The Morgan fingerprint density at radius 3 is 2.88 bits per heavy atom. The smallest absolute Gasteiger partial charge is 0.0851 e. The lowest BCUT2D eigenvalue weighted by Crippen LogP contribution is -1.80. The van der Waals surface area contributed by atoms with Gasteiger partial charge in [-0.25, -0.2) is 0 Å². The molecule has 0 unspecified atom stereocenters. The monoisotopic (exact) mass is 109 g/mol. The zero-order chi connectivity index (χ0) is 5.82. The summed E-state index contributed by atoms with van der Waals surface area (Å²) in [6.45, 7) is 0. The van der Waals surface area contributed by atoms with Gasteiger partial charge in [0.05, 0.1) is 5.70 Å². The van der Waals surface area contributed by atoms with Crippen molar-refractivity contribution in [1.82, 2.24) is 0 Å². The Hall–Kier alpha value is -0.920. The van der Waals surface area contributed by atoms with Crippen LogP contribution < -0.4 is 0 Å². The van der Waals surface area contributed by atoms with E-state index in [0.29, 0.717) is 5.70 Å². The highest BCUT2D eigenvalue weighted by Gasteiger charge is 1.95. The van der Waals surface area contributed by atoms with Gasteiger partial charge in [0, 0.05) is 0 Å². The van der Waals surface area contributed by atoms with E-state index in [-0.39, 0.29) is 0 Å². The van der Waals surface area contributed by atoms with Gasteiger partial charge in [0.1, 0.15) is 0 Å². The molecule has 1 rings (SSSR count). The van der Waals surface area contributed by atoms with Crippen molar-refractivity contribution in [2.75, 3.05) is 0 Å². The zero-order valence-electron chi connectivity index (χ0n) is 4.50. The van der Waals surface area contributed by atoms with Gasteiger partial charge in [-0.1, -0.05) is 12.2 Å². The minimum atomic E-state index is 0.660. The topological polar surface area (TPSA) is 29.4 Å². The second-order valence-electron chi connectivity index (χ2n) is 1.72. The molecule has 0 spiro atoms. The summed E-state index contributed by atoms with van der Waals surface area (Å²) in [6, 6.07) is 0. The van der Waals surface area contributed by atoms with Gasteiger partial charge >= 0.3 is 0 Å². The van der Waals surface area contributed by atoms with E-state index in [1.165, 1.54) is 0 Å². The van der Waals surface area contributed by atoms with Gasteiger partial charge in [0.2, 0.25) is 0 Å². The summed E-state index contributed by atoms with van der Waals surface area (Å²) in [5.41, 5.74) is 0.660. The molecule has 1 aliphatic carbocycles. The first-order chi connectivity index (χ1) is 3.93. The van der Waals surface area contributed by atoms with E-state index in [1.807, 2.05) is 12.2 Å².